The predicted molar refractivity (Wildman–Crippen MR) is 46.3 cm³/mol. The lowest BCUT2D eigenvalue weighted by Crippen LogP contribution is -2.23. The highest BCUT2D eigenvalue weighted by Gasteiger charge is 1.95. The smallest absolute Gasteiger partial charge is 0.220 e. The third-order valence-corrected chi connectivity index (χ3v) is 1.23. The molecule has 1 N–H and O–H groups in total. The van der Waals surface area contributed by atoms with Crippen LogP contribution in [0.2, 0.25) is 0 Å². The zero-order valence-electron chi connectivity index (χ0n) is 5.97. The van der Waals surface area contributed by atoms with Gasteiger partial charge in [0.25, 0.3) is 0 Å². The van der Waals surface area contributed by atoms with Crippen molar-refractivity contribution in [2.75, 3.05) is 12.3 Å². The first-order valence-corrected chi connectivity index (χ1v) is 3.93. The Balaban J connectivity index is 3.13. The maximum absolute atomic E-state index is 10.7. The highest BCUT2D eigenvalue weighted by atomic mass is 32.1. The van der Waals surface area contributed by atoms with Crippen molar-refractivity contribution in [1.29, 1.82) is 0 Å². The lowest BCUT2D eigenvalue weighted by atomic mass is 10.4. The summed E-state index contributed by atoms with van der Waals surface area (Å²) in [5, 5.41) is 2.73. The Hall–Kier alpha value is -0.440. The SMILES string of the molecule is C=CCCNC(=O)CCS. The summed E-state index contributed by atoms with van der Waals surface area (Å²) in [6, 6.07) is 0. The summed E-state index contributed by atoms with van der Waals surface area (Å²) in [7, 11) is 0. The van der Waals surface area contributed by atoms with E-state index >= 15 is 0 Å². The van der Waals surface area contributed by atoms with Gasteiger partial charge in [0.05, 0.1) is 0 Å². The van der Waals surface area contributed by atoms with E-state index < -0.39 is 0 Å². The minimum atomic E-state index is 0.0665. The molecule has 0 saturated heterocycles. The molecule has 58 valence electrons. The molecule has 10 heavy (non-hydrogen) atoms. The second-order valence-corrected chi connectivity index (χ2v) is 2.35. The molecule has 0 aromatic carbocycles. The molecule has 0 fully saturated rings. The van der Waals surface area contributed by atoms with Crippen molar-refractivity contribution in [2.24, 2.45) is 0 Å². The first kappa shape index (κ1) is 9.56. The van der Waals surface area contributed by atoms with Gasteiger partial charge in [-0.3, -0.25) is 4.79 Å². The van der Waals surface area contributed by atoms with Crippen LogP contribution in [-0.2, 0) is 4.79 Å². The number of carbonyl (C=O) groups excluding carboxylic acids is 1. The van der Waals surface area contributed by atoms with Crippen molar-refractivity contribution in [3.05, 3.63) is 12.7 Å². The topological polar surface area (TPSA) is 29.1 Å². The van der Waals surface area contributed by atoms with Crippen LogP contribution in [-0.4, -0.2) is 18.2 Å². The number of hydrogen-bond acceptors (Lipinski definition) is 2. The van der Waals surface area contributed by atoms with Crippen LogP contribution in [0.5, 0.6) is 0 Å². The Kier molecular flexibility index (Phi) is 6.38. The predicted octanol–water partition coefficient (Wildman–Crippen LogP) is 0.999. The van der Waals surface area contributed by atoms with Crippen LogP contribution in [0.3, 0.4) is 0 Å². The molecule has 0 rings (SSSR count). The summed E-state index contributed by atoms with van der Waals surface area (Å²) < 4.78 is 0. The van der Waals surface area contributed by atoms with Gasteiger partial charge < -0.3 is 5.32 Å². The standard InChI is InChI=1S/C7H13NOS/c1-2-3-5-8-7(9)4-6-10/h2,10H,1,3-6H2,(H,8,9). The van der Waals surface area contributed by atoms with Crippen LogP contribution in [0, 0.1) is 0 Å². The fraction of sp³-hybridized carbons (Fsp3) is 0.571. The number of nitrogens with one attached hydrogen (secondary N) is 1. The molecule has 0 radical (unpaired) electrons. The molecule has 0 spiro atoms. The first-order chi connectivity index (χ1) is 4.81. The molecule has 1 amide bonds. The van der Waals surface area contributed by atoms with Crippen LogP contribution in [0.4, 0.5) is 0 Å². The van der Waals surface area contributed by atoms with Gasteiger partial charge >= 0.3 is 0 Å². The van der Waals surface area contributed by atoms with Crippen molar-refractivity contribution in [1.82, 2.24) is 5.32 Å². The van der Waals surface area contributed by atoms with Crippen molar-refractivity contribution in [3.8, 4) is 0 Å². The van der Waals surface area contributed by atoms with Crippen molar-refractivity contribution in [2.45, 2.75) is 12.8 Å². The van der Waals surface area contributed by atoms with Crippen LogP contribution >= 0.6 is 12.6 Å². The zero-order chi connectivity index (χ0) is 7.82. The first-order valence-electron chi connectivity index (χ1n) is 3.29. The molecular weight excluding hydrogens is 146 g/mol. The largest absolute Gasteiger partial charge is 0.356 e. The fourth-order valence-electron chi connectivity index (χ4n) is 0.504. The van der Waals surface area contributed by atoms with Gasteiger partial charge in [-0.25, -0.2) is 0 Å². The third-order valence-electron chi connectivity index (χ3n) is 1.01. The molecule has 0 aromatic rings. The van der Waals surface area contributed by atoms with Gasteiger partial charge in [-0.2, -0.15) is 12.6 Å². The Labute approximate surface area is 67.1 Å². The molecule has 0 heterocycles. The second kappa shape index (κ2) is 6.68. The van der Waals surface area contributed by atoms with Gasteiger partial charge in [0.15, 0.2) is 0 Å². The van der Waals surface area contributed by atoms with Gasteiger partial charge in [0, 0.05) is 13.0 Å². The van der Waals surface area contributed by atoms with Crippen molar-refractivity contribution in [3.63, 3.8) is 0 Å². The third kappa shape index (κ3) is 5.69. The van der Waals surface area contributed by atoms with E-state index in [0.29, 0.717) is 18.7 Å². The Morgan fingerprint density at radius 1 is 1.70 bits per heavy atom. The molecular formula is C7H13NOS. The molecule has 2 nitrogen and oxygen atoms in total. The normalized spacial score (nSPS) is 8.90. The van der Waals surface area contributed by atoms with Gasteiger partial charge in [-0.1, -0.05) is 6.08 Å². The summed E-state index contributed by atoms with van der Waals surface area (Å²) in [4.78, 5) is 10.7. The number of carbonyl (C=O) groups is 1. The fourth-order valence-corrected chi connectivity index (χ4v) is 0.707. The van der Waals surface area contributed by atoms with E-state index in [9.17, 15) is 4.79 Å². The Bertz CT molecular complexity index is 114. The van der Waals surface area contributed by atoms with Crippen molar-refractivity contribution < 1.29 is 4.79 Å². The average Bonchev–Trinajstić information content (AvgIpc) is 1.89. The van der Waals surface area contributed by atoms with E-state index in [-0.39, 0.29) is 5.91 Å². The molecule has 0 bridgehead atoms. The van der Waals surface area contributed by atoms with Crippen molar-refractivity contribution >= 4 is 18.5 Å². The number of thiol groups is 1. The quantitative estimate of drug-likeness (QED) is 0.350. The molecule has 0 unspecified atom stereocenters. The Morgan fingerprint density at radius 2 is 2.40 bits per heavy atom. The molecule has 3 heteroatoms. The maximum atomic E-state index is 10.7. The summed E-state index contributed by atoms with van der Waals surface area (Å²) in [5.74, 6) is 0.678. The monoisotopic (exact) mass is 159 g/mol. The molecule has 0 aliphatic heterocycles. The molecule has 0 saturated carbocycles. The van der Waals surface area contributed by atoms with Gasteiger partial charge in [-0.05, 0) is 12.2 Å². The highest BCUT2D eigenvalue weighted by Crippen LogP contribution is 1.83. The summed E-state index contributed by atoms with van der Waals surface area (Å²) >= 11 is 3.92. The van der Waals surface area contributed by atoms with Gasteiger partial charge in [-0.15, -0.1) is 6.58 Å². The number of amides is 1. The van der Waals surface area contributed by atoms with E-state index in [4.69, 9.17) is 0 Å². The maximum Gasteiger partial charge on any atom is 0.220 e. The average molecular weight is 159 g/mol. The summed E-state index contributed by atoms with van der Waals surface area (Å²) in [6.45, 7) is 4.23. The van der Waals surface area contributed by atoms with E-state index in [2.05, 4.69) is 24.5 Å². The minimum Gasteiger partial charge on any atom is -0.356 e. The van der Waals surface area contributed by atoms with Gasteiger partial charge in [0.1, 0.15) is 0 Å². The van der Waals surface area contributed by atoms with E-state index in [1.807, 2.05) is 0 Å². The lowest BCUT2D eigenvalue weighted by Gasteiger charge is -1.99. The summed E-state index contributed by atoms with van der Waals surface area (Å²) in [5.41, 5.74) is 0. The Morgan fingerprint density at radius 3 is 2.90 bits per heavy atom. The molecule has 0 aliphatic rings. The van der Waals surface area contributed by atoms with Crippen LogP contribution in [0.25, 0.3) is 0 Å². The van der Waals surface area contributed by atoms with E-state index in [1.54, 1.807) is 6.08 Å². The van der Waals surface area contributed by atoms with Crippen LogP contribution in [0.1, 0.15) is 12.8 Å². The van der Waals surface area contributed by atoms with E-state index in [1.165, 1.54) is 0 Å². The lowest BCUT2D eigenvalue weighted by molar-refractivity contribution is -0.120. The number of rotatable bonds is 5. The highest BCUT2D eigenvalue weighted by molar-refractivity contribution is 7.80. The minimum absolute atomic E-state index is 0.0665. The van der Waals surface area contributed by atoms with Crippen LogP contribution in [0.15, 0.2) is 12.7 Å². The number of hydrogen-bond donors (Lipinski definition) is 2. The van der Waals surface area contributed by atoms with E-state index in [0.717, 1.165) is 6.42 Å². The van der Waals surface area contributed by atoms with Gasteiger partial charge in [0.2, 0.25) is 5.91 Å². The molecule has 0 aromatic heterocycles. The molecule has 0 aliphatic carbocycles. The molecule has 0 atom stereocenters. The summed E-state index contributed by atoms with van der Waals surface area (Å²) in [6.07, 6.45) is 3.11. The second-order valence-electron chi connectivity index (χ2n) is 1.90. The zero-order valence-corrected chi connectivity index (χ0v) is 6.86. The van der Waals surface area contributed by atoms with Crippen LogP contribution < -0.4 is 5.32 Å².